The van der Waals surface area contributed by atoms with Gasteiger partial charge in [-0.1, -0.05) is 18.2 Å². The summed E-state index contributed by atoms with van der Waals surface area (Å²) in [5.41, 5.74) is 0.0259. The lowest BCUT2D eigenvalue weighted by Crippen LogP contribution is -2.15. The van der Waals surface area contributed by atoms with Gasteiger partial charge in [-0.15, -0.1) is 11.3 Å². The molecule has 0 saturated heterocycles. The van der Waals surface area contributed by atoms with Crippen LogP contribution >= 0.6 is 11.3 Å². The molecule has 52 heavy (non-hydrogen) atoms. The summed E-state index contributed by atoms with van der Waals surface area (Å²) < 4.78 is 67.6. The summed E-state index contributed by atoms with van der Waals surface area (Å²) in [7, 11) is 0. The minimum absolute atomic E-state index is 0.0210. The highest BCUT2D eigenvalue weighted by atomic mass is 32.1. The summed E-state index contributed by atoms with van der Waals surface area (Å²) in [6.07, 6.45) is 0. The summed E-state index contributed by atoms with van der Waals surface area (Å²) in [6, 6.07) is 13.2. The van der Waals surface area contributed by atoms with Crippen LogP contribution in [-0.4, -0.2) is 164 Å². The minimum atomic E-state index is 0.0210. The standard InChI is InChI=1S/C37H56O14S/c38-8-9-40-10-11-41-12-13-42-14-15-43-16-17-44-18-19-45-20-21-46-22-23-47-24-25-48-26-27-49-28-29-50-30-31-51-34-6-3-5-33-36(39)32-4-1-2-7-35(32)52-37(33)34/h1-7,38H,8-31H2. The fourth-order valence-corrected chi connectivity index (χ4v) is 5.62. The average Bonchev–Trinajstić information content (AvgIpc) is 3.16. The Balaban J connectivity index is 0.972. The SMILES string of the molecule is O=c1c2ccccc2sc2c(OCCOCCOCCOCCOCCOCCOCCOCCOCCOCCOCCOCCO)cccc12. The van der Waals surface area contributed by atoms with Crippen LogP contribution in [-0.2, 0) is 52.1 Å². The number of rotatable bonds is 36. The van der Waals surface area contributed by atoms with E-state index >= 15 is 0 Å². The smallest absolute Gasteiger partial charge is 0.196 e. The van der Waals surface area contributed by atoms with Crippen molar-refractivity contribution < 1.29 is 61.9 Å². The number of aliphatic hydroxyl groups excluding tert-OH is 1. The van der Waals surface area contributed by atoms with Crippen molar-refractivity contribution in [2.24, 2.45) is 0 Å². The molecule has 1 aromatic heterocycles. The lowest BCUT2D eigenvalue weighted by Gasteiger charge is -2.10. The Hall–Kier alpha value is -2.35. The van der Waals surface area contributed by atoms with Gasteiger partial charge in [-0.3, -0.25) is 4.79 Å². The van der Waals surface area contributed by atoms with Gasteiger partial charge in [-0.2, -0.15) is 0 Å². The number of aliphatic hydroxyl groups is 1. The zero-order valence-corrected chi connectivity index (χ0v) is 31.0. The molecule has 0 amide bonds. The molecule has 2 aromatic carbocycles. The van der Waals surface area contributed by atoms with E-state index in [1.165, 1.54) is 0 Å². The Kier molecular flexibility index (Phi) is 26.3. The second-order valence-electron chi connectivity index (χ2n) is 10.9. The summed E-state index contributed by atoms with van der Waals surface area (Å²) in [5, 5.41) is 9.99. The van der Waals surface area contributed by atoms with E-state index in [9.17, 15) is 4.79 Å². The van der Waals surface area contributed by atoms with Crippen LogP contribution in [0, 0.1) is 0 Å². The average molecular weight is 757 g/mol. The molecule has 0 saturated carbocycles. The Morgan fingerprint density at radius 2 is 0.750 bits per heavy atom. The van der Waals surface area contributed by atoms with Gasteiger partial charge in [0.2, 0.25) is 0 Å². The Morgan fingerprint density at radius 1 is 0.404 bits per heavy atom. The molecule has 1 heterocycles. The highest BCUT2D eigenvalue weighted by Crippen LogP contribution is 2.31. The van der Waals surface area contributed by atoms with E-state index in [1.807, 2.05) is 42.5 Å². The normalized spacial score (nSPS) is 11.6. The van der Waals surface area contributed by atoms with Crippen molar-refractivity contribution in [3.05, 3.63) is 52.7 Å². The number of hydrogen-bond acceptors (Lipinski definition) is 15. The molecule has 294 valence electrons. The zero-order chi connectivity index (χ0) is 36.6. The number of ether oxygens (including phenoxy) is 12. The molecule has 3 aromatic rings. The molecular weight excluding hydrogens is 700 g/mol. The third-order valence-electron chi connectivity index (χ3n) is 7.01. The molecule has 0 unspecified atom stereocenters. The van der Waals surface area contributed by atoms with Crippen molar-refractivity contribution in [3.8, 4) is 5.75 Å². The molecule has 0 atom stereocenters. The van der Waals surface area contributed by atoms with Crippen LogP contribution in [0.15, 0.2) is 47.3 Å². The van der Waals surface area contributed by atoms with Crippen LogP contribution in [0.3, 0.4) is 0 Å². The van der Waals surface area contributed by atoms with E-state index in [2.05, 4.69) is 0 Å². The van der Waals surface area contributed by atoms with Gasteiger partial charge in [0.25, 0.3) is 0 Å². The van der Waals surface area contributed by atoms with Gasteiger partial charge in [0.05, 0.1) is 157 Å². The van der Waals surface area contributed by atoms with Crippen molar-refractivity contribution in [1.29, 1.82) is 0 Å². The molecule has 0 aliphatic carbocycles. The van der Waals surface area contributed by atoms with E-state index < -0.39 is 0 Å². The van der Waals surface area contributed by atoms with Crippen LogP contribution < -0.4 is 10.2 Å². The molecular formula is C37H56O14S. The van der Waals surface area contributed by atoms with Crippen molar-refractivity contribution in [1.82, 2.24) is 0 Å². The maximum absolute atomic E-state index is 12.8. The quantitative estimate of drug-likeness (QED) is 0.0685. The van der Waals surface area contributed by atoms with Crippen molar-refractivity contribution in [2.75, 3.05) is 159 Å². The molecule has 0 bridgehead atoms. The second-order valence-corrected chi connectivity index (χ2v) is 11.9. The zero-order valence-electron chi connectivity index (χ0n) is 30.2. The number of fused-ring (bicyclic) bond motifs is 2. The molecule has 15 heteroatoms. The first-order valence-corrected chi connectivity index (χ1v) is 18.7. The van der Waals surface area contributed by atoms with Crippen molar-refractivity contribution >= 4 is 31.5 Å². The van der Waals surface area contributed by atoms with E-state index in [4.69, 9.17) is 61.9 Å². The largest absolute Gasteiger partial charge is 0.490 e. The molecule has 0 fully saturated rings. The van der Waals surface area contributed by atoms with E-state index in [0.717, 1.165) is 14.8 Å². The Bertz CT molecular complexity index is 1340. The van der Waals surface area contributed by atoms with Gasteiger partial charge in [-0.05, 0) is 24.3 Å². The van der Waals surface area contributed by atoms with Crippen LogP contribution in [0.25, 0.3) is 20.2 Å². The van der Waals surface area contributed by atoms with Gasteiger partial charge in [0.1, 0.15) is 12.4 Å². The highest BCUT2D eigenvalue weighted by Gasteiger charge is 2.10. The third kappa shape index (κ3) is 20.2. The van der Waals surface area contributed by atoms with Crippen LogP contribution in [0.1, 0.15) is 0 Å². The van der Waals surface area contributed by atoms with E-state index in [1.54, 1.807) is 11.3 Å². The third-order valence-corrected chi connectivity index (χ3v) is 8.21. The summed E-state index contributed by atoms with van der Waals surface area (Å²) >= 11 is 1.56. The molecule has 1 N–H and O–H groups in total. The van der Waals surface area contributed by atoms with Crippen molar-refractivity contribution in [2.45, 2.75) is 0 Å². The summed E-state index contributed by atoms with van der Waals surface area (Å²) in [5.74, 6) is 0.692. The van der Waals surface area contributed by atoms with Crippen LogP contribution in [0.4, 0.5) is 0 Å². The fourth-order valence-electron chi connectivity index (χ4n) is 4.49. The van der Waals surface area contributed by atoms with Gasteiger partial charge >= 0.3 is 0 Å². The van der Waals surface area contributed by atoms with Crippen LogP contribution in [0.2, 0.25) is 0 Å². The Morgan fingerprint density at radius 3 is 1.15 bits per heavy atom. The first-order chi connectivity index (χ1) is 25.8. The van der Waals surface area contributed by atoms with Gasteiger partial charge < -0.3 is 61.9 Å². The van der Waals surface area contributed by atoms with Gasteiger partial charge in [0, 0.05) is 15.5 Å². The molecule has 0 aliphatic rings. The second kappa shape index (κ2) is 31.0. The number of benzene rings is 2. The minimum Gasteiger partial charge on any atom is -0.490 e. The van der Waals surface area contributed by atoms with Gasteiger partial charge in [-0.25, -0.2) is 0 Å². The van der Waals surface area contributed by atoms with E-state index in [-0.39, 0.29) is 12.0 Å². The predicted octanol–water partition coefficient (Wildman–Crippen LogP) is 2.97. The maximum Gasteiger partial charge on any atom is 0.196 e. The predicted molar refractivity (Wildman–Crippen MR) is 197 cm³/mol. The molecule has 0 radical (unpaired) electrons. The molecule has 0 spiro atoms. The van der Waals surface area contributed by atoms with Crippen molar-refractivity contribution in [3.63, 3.8) is 0 Å². The molecule has 14 nitrogen and oxygen atoms in total. The van der Waals surface area contributed by atoms with E-state index in [0.29, 0.717) is 163 Å². The van der Waals surface area contributed by atoms with Gasteiger partial charge in [0.15, 0.2) is 5.43 Å². The summed E-state index contributed by atoms with van der Waals surface area (Å²) in [6.45, 7) is 10.9. The monoisotopic (exact) mass is 756 g/mol. The lowest BCUT2D eigenvalue weighted by molar-refractivity contribution is -0.0280. The van der Waals surface area contributed by atoms with Crippen LogP contribution in [0.5, 0.6) is 5.75 Å². The topological polar surface area (TPSA) is 148 Å². The number of hydrogen-bond donors (Lipinski definition) is 1. The fraction of sp³-hybridized carbons (Fsp3) is 0.649. The summed E-state index contributed by atoms with van der Waals surface area (Å²) in [4.78, 5) is 12.8. The highest BCUT2D eigenvalue weighted by molar-refractivity contribution is 7.24. The maximum atomic E-state index is 12.8. The molecule has 0 aliphatic heterocycles. The Labute approximate surface area is 310 Å². The lowest BCUT2D eigenvalue weighted by atomic mass is 10.2. The first-order valence-electron chi connectivity index (χ1n) is 17.8. The molecule has 3 rings (SSSR count). The first kappa shape index (κ1) is 44.0.